The Kier molecular flexibility index (Phi) is 6.95. The van der Waals surface area contributed by atoms with Crippen molar-refractivity contribution in [2.75, 3.05) is 6.61 Å². The Morgan fingerprint density at radius 3 is 2.00 bits per heavy atom. The van der Waals surface area contributed by atoms with Crippen LogP contribution in [0.5, 0.6) is 0 Å². The highest BCUT2D eigenvalue weighted by Gasteiger charge is 2.42. The largest absolute Gasteiger partial charge is 0.485 e. The van der Waals surface area contributed by atoms with Crippen molar-refractivity contribution >= 4 is 26.5 Å². The molecule has 102 valence electrons. The summed E-state index contributed by atoms with van der Waals surface area (Å²) in [6, 6.07) is 0.611. The molecule has 0 aliphatic rings. The van der Waals surface area contributed by atoms with Crippen LogP contribution in [0.25, 0.3) is 0 Å². The molecule has 18 heavy (non-hydrogen) atoms. The molecular weight excluding hydrogens is 256 g/mol. The summed E-state index contributed by atoms with van der Waals surface area (Å²) in [5.74, 6) is -1.60. The van der Waals surface area contributed by atoms with Crippen molar-refractivity contribution in [3.05, 3.63) is 12.7 Å². The van der Waals surface area contributed by atoms with E-state index in [9.17, 15) is 14.4 Å². The van der Waals surface area contributed by atoms with Gasteiger partial charge in [-0.25, -0.2) is 4.79 Å². The van der Waals surface area contributed by atoms with E-state index in [4.69, 9.17) is 13.6 Å². The first-order valence-corrected chi connectivity index (χ1v) is 7.76. The molecule has 0 aliphatic carbocycles. The summed E-state index contributed by atoms with van der Waals surface area (Å²) >= 11 is 0. The van der Waals surface area contributed by atoms with E-state index in [1.165, 1.54) is 13.8 Å². The van der Waals surface area contributed by atoms with Gasteiger partial charge >= 0.3 is 14.5 Å². The molecule has 0 spiro atoms. The van der Waals surface area contributed by atoms with Crippen molar-refractivity contribution in [3.63, 3.8) is 0 Å². The van der Waals surface area contributed by atoms with Crippen molar-refractivity contribution in [3.8, 4) is 0 Å². The Balaban J connectivity index is 4.61. The van der Waals surface area contributed by atoms with Crippen LogP contribution >= 0.6 is 0 Å². The molecule has 0 aromatic rings. The number of rotatable bonds is 7. The molecule has 0 aromatic carbocycles. The summed E-state index contributed by atoms with van der Waals surface area (Å²) in [6.07, 6.45) is 1.03. The second kappa shape index (κ2) is 7.65. The highest BCUT2D eigenvalue weighted by Crippen LogP contribution is 2.19. The molecular formula is C11H18O6Si. The van der Waals surface area contributed by atoms with Crippen LogP contribution in [-0.2, 0) is 28.0 Å². The smallest absolute Gasteiger partial charge is 0.467 e. The third kappa shape index (κ3) is 6.19. The summed E-state index contributed by atoms with van der Waals surface area (Å²) in [5.41, 5.74) is 0. The predicted molar refractivity (Wildman–Crippen MR) is 65.7 cm³/mol. The van der Waals surface area contributed by atoms with Crippen LogP contribution in [0.2, 0.25) is 12.1 Å². The van der Waals surface area contributed by atoms with E-state index in [0.717, 1.165) is 6.08 Å². The second-order valence-corrected chi connectivity index (χ2v) is 7.01. The fourth-order valence-electron chi connectivity index (χ4n) is 1.33. The summed E-state index contributed by atoms with van der Waals surface area (Å²) < 4.78 is 15.1. The number of ether oxygens (including phenoxy) is 1. The lowest BCUT2D eigenvalue weighted by Gasteiger charge is -2.27. The van der Waals surface area contributed by atoms with Gasteiger partial charge < -0.3 is 13.6 Å². The fourth-order valence-corrected chi connectivity index (χ4v) is 3.68. The Morgan fingerprint density at radius 1 is 1.17 bits per heavy atom. The standard InChI is InChI=1S/C11H18O6Si/c1-5-11(14)15-7-8-18(6-2,16-9(3)12)17-10(4)13/h5H,1,6-8H2,2-4H3. The SMILES string of the molecule is C=CC(=O)OCC[Si](CC)(OC(C)=O)OC(C)=O. The quantitative estimate of drug-likeness (QED) is 0.395. The third-order valence-corrected chi connectivity index (χ3v) is 5.45. The van der Waals surface area contributed by atoms with Gasteiger partial charge in [0.1, 0.15) is 0 Å². The monoisotopic (exact) mass is 274 g/mol. The minimum Gasteiger partial charge on any atom is -0.485 e. The molecule has 0 unspecified atom stereocenters. The van der Waals surface area contributed by atoms with Crippen molar-refractivity contribution in [2.45, 2.75) is 32.9 Å². The number of carbonyl (C=O) groups is 3. The second-order valence-electron chi connectivity index (χ2n) is 3.57. The normalized spacial score (nSPS) is 10.4. The van der Waals surface area contributed by atoms with E-state index in [-0.39, 0.29) is 12.7 Å². The zero-order valence-corrected chi connectivity index (χ0v) is 11.9. The Bertz CT molecular complexity index is 322. The first-order valence-electron chi connectivity index (χ1n) is 5.53. The molecule has 0 heterocycles. The van der Waals surface area contributed by atoms with Crippen molar-refractivity contribution in [1.82, 2.24) is 0 Å². The maximum absolute atomic E-state index is 11.1. The van der Waals surface area contributed by atoms with Crippen molar-refractivity contribution in [1.29, 1.82) is 0 Å². The fraction of sp³-hybridized carbons (Fsp3) is 0.545. The van der Waals surface area contributed by atoms with Crippen LogP contribution in [0.3, 0.4) is 0 Å². The maximum Gasteiger partial charge on any atom is 0.467 e. The first-order chi connectivity index (χ1) is 8.35. The van der Waals surface area contributed by atoms with Crippen LogP contribution in [-0.4, -0.2) is 33.1 Å². The maximum atomic E-state index is 11.1. The molecule has 7 heteroatoms. The van der Waals surface area contributed by atoms with E-state index in [2.05, 4.69) is 6.58 Å². The van der Waals surface area contributed by atoms with E-state index >= 15 is 0 Å². The lowest BCUT2D eigenvalue weighted by molar-refractivity contribution is -0.139. The van der Waals surface area contributed by atoms with Gasteiger partial charge in [0, 0.05) is 32.0 Å². The van der Waals surface area contributed by atoms with Gasteiger partial charge in [0.15, 0.2) is 0 Å². The van der Waals surface area contributed by atoms with E-state index in [1.54, 1.807) is 6.92 Å². The number of esters is 1. The van der Waals surface area contributed by atoms with Gasteiger partial charge in [0.2, 0.25) is 0 Å². The molecule has 0 bridgehead atoms. The summed E-state index contributed by atoms with van der Waals surface area (Å²) in [7, 11) is -2.99. The van der Waals surface area contributed by atoms with Crippen molar-refractivity contribution < 1.29 is 28.0 Å². The van der Waals surface area contributed by atoms with Gasteiger partial charge in [0.05, 0.1) is 6.61 Å². The molecule has 0 N–H and O–H groups in total. The Morgan fingerprint density at radius 2 is 1.67 bits per heavy atom. The Hall–Kier alpha value is -1.63. The zero-order chi connectivity index (χ0) is 14.2. The van der Waals surface area contributed by atoms with Crippen molar-refractivity contribution in [2.24, 2.45) is 0 Å². The van der Waals surface area contributed by atoms with E-state index in [1.807, 2.05) is 0 Å². The van der Waals surface area contributed by atoms with Gasteiger partial charge in [-0.2, -0.15) is 0 Å². The predicted octanol–water partition coefficient (Wildman–Crippen LogP) is 1.30. The molecule has 0 aliphatic heterocycles. The van der Waals surface area contributed by atoms with Gasteiger partial charge in [-0.1, -0.05) is 13.5 Å². The first kappa shape index (κ1) is 16.4. The van der Waals surface area contributed by atoms with Gasteiger partial charge in [-0.15, -0.1) is 0 Å². The molecule has 0 radical (unpaired) electrons. The lowest BCUT2D eigenvalue weighted by atomic mass is 10.6. The van der Waals surface area contributed by atoms with E-state index in [0.29, 0.717) is 6.04 Å². The van der Waals surface area contributed by atoms with Crippen LogP contribution in [0.4, 0.5) is 0 Å². The summed E-state index contributed by atoms with van der Waals surface area (Å²) in [5, 5.41) is 0. The lowest BCUT2D eigenvalue weighted by Crippen LogP contribution is -2.45. The van der Waals surface area contributed by atoms with Gasteiger partial charge in [-0.3, -0.25) is 9.59 Å². The minimum atomic E-state index is -2.99. The number of hydrogen-bond acceptors (Lipinski definition) is 6. The highest BCUT2D eigenvalue weighted by atomic mass is 28.4. The average molecular weight is 274 g/mol. The molecule has 0 fully saturated rings. The summed E-state index contributed by atoms with van der Waals surface area (Å²) in [4.78, 5) is 33.0. The Labute approximate surface area is 107 Å². The molecule has 0 rings (SSSR count). The third-order valence-electron chi connectivity index (χ3n) is 2.09. The zero-order valence-electron chi connectivity index (χ0n) is 10.9. The van der Waals surface area contributed by atoms with Crippen LogP contribution in [0.15, 0.2) is 12.7 Å². The molecule has 0 amide bonds. The molecule has 6 nitrogen and oxygen atoms in total. The summed E-state index contributed by atoms with van der Waals surface area (Å²) in [6.45, 7) is 7.53. The van der Waals surface area contributed by atoms with Crippen LogP contribution in [0, 0.1) is 0 Å². The topological polar surface area (TPSA) is 78.9 Å². The molecule has 0 saturated heterocycles. The highest BCUT2D eigenvalue weighted by molar-refractivity contribution is 6.70. The number of carbonyl (C=O) groups excluding carboxylic acids is 3. The van der Waals surface area contributed by atoms with E-state index < -0.39 is 26.5 Å². The van der Waals surface area contributed by atoms with Gasteiger partial charge in [0.25, 0.3) is 11.9 Å². The molecule has 0 atom stereocenters. The minimum absolute atomic E-state index is 0.0193. The van der Waals surface area contributed by atoms with Gasteiger partial charge in [-0.05, 0) is 0 Å². The van der Waals surface area contributed by atoms with Crippen LogP contribution in [0.1, 0.15) is 20.8 Å². The average Bonchev–Trinajstić information content (AvgIpc) is 2.26. The van der Waals surface area contributed by atoms with Crippen LogP contribution < -0.4 is 0 Å². The molecule has 0 saturated carbocycles. The molecule has 0 aromatic heterocycles. The number of hydrogen-bond donors (Lipinski definition) is 0.